The number of halogens is 1. The molecule has 226 valence electrons. The van der Waals surface area contributed by atoms with Gasteiger partial charge in [0.2, 0.25) is 11.7 Å². The third-order valence-electron chi connectivity index (χ3n) is 6.41. The van der Waals surface area contributed by atoms with E-state index in [-0.39, 0.29) is 50.5 Å². The average molecular weight is 615 g/mol. The number of benzene rings is 3. The van der Waals surface area contributed by atoms with Gasteiger partial charge in [-0.25, -0.2) is 0 Å². The summed E-state index contributed by atoms with van der Waals surface area (Å²) in [6.45, 7) is 3.73. The Bertz CT molecular complexity index is 1710. The van der Waals surface area contributed by atoms with Crippen LogP contribution in [0.2, 0.25) is 5.02 Å². The number of ether oxygens (including phenoxy) is 5. The van der Waals surface area contributed by atoms with Gasteiger partial charge in [0.1, 0.15) is 11.8 Å². The first kappa shape index (κ1) is 26.9. The van der Waals surface area contributed by atoms with E-state index in [0.717, 1.165) is 11.1 Å². The number of esters is 1. The zero-order valence-electron chi connectivity index (χ0n) is 26.8. The number of nitrogens with one attached hydrogen (secondary N) is 3. The molecule has 0 saturated heterocycles. The molecule has 0 fully saturated rings. The molecule has 1 atom stereocenters. The number of anilines is 2. The molecule has 3 amide bonds. The van der Waals surface area contributed by atoms with Gasteiger partial charge in [-0.2, -0.15) is 0 Å². The number of methoxy groups -OCH3 is 4. The standard InChI is InChI=1S/C30H30ClN3O9/c1-14-7-15(2)9-16(8-14)43-22-10-17-19(32-30(38)21(34-28(17)36)13-24(35)40-4)12-20(22)33-29(37)18-11-23(39-3)26(41-5)27(42-6)25(18)31/h7-12,21H,13H2,1-6H3,(H,32,38)(H,33,37)(H,34,36)/t21-/m0/s1/i4D3. The van der Waals surface area contributed by atoms with Crippen LogP contribution in [0.3, 0.4) is 0 Å². The van der Waals surface area contributed by atoms with Gasteiger partial charge in [0.05, 0.1) is 66.4 Å². The molecule has 1 aliphatic heterocycles. The Morgan fingerprint density at radius 2 is 1.65 bits per heavy atom. The molecule has 0 spiro atoms. The third kappa shape index (κ3) is 6.59. The minimum absolute atomic E-state index is 0.0188. The maximum Gasteiger partial charge on any atom is 0.308 e. The van der Waals surface area contributed by atoms with Gasteiger partial charge < -0.3 is 39.6 Å². The van der Waals surface area contributed by atoms with Gasteiger partial charge in [-0.15, -0.1) is 0 Å². The summed E-state index contributed by atoms with van der Waals surface area (Å²) in [6.07, 6.45) is -0.751. The molecule has 0 aliphatic carbocycles. The number of aryl methyl sites for hydroxylation is 2. The molecular weight excluding hydrogens is 582 g/mol. The average Bonchev–Trinajstić information content (AvgIpc) is 3.06. The highest BCUT2D eigenvalue weighted by atomic mass is 35.5. The quantitative estimate of drug-likeness (QED) is 0.293. The summed E-state index contributed by atoms with van der Waals surface area (Å²) >= 11 is 6.52. The van der Waals surface area contributed by atoms with E-state index in [1.165, 1.54) is 39.5 Å². The molecule has 3 N–H and O–H groups in total. The fraction of sp³-hybridized carbons (Fsp3) is 0.267. The van der Waals surface area contributed by atoms with E-state index in [4.69, 9.17) is 34.7 Å². The van der Waals surface area contributed by atoms with Crippen molar-refractivity contribution in [1.29, 1.82) is 0 Å². The van der Waals surface area contributed by atoms with E-state index in [1.807, 2.05) is 19.9 Å². The van der Waals surface area contributed by atoms with Gasteiger partial charge in [-0.3, -0.25) is 19.2 Å². The Balaban J connectivity index is 1.77. The molecule has 0 aromatic heterocycles. The molecule has 12 nitrogen and oxygen atoms in total. The van der Waals surface area contributed by atoms with Crippen molar-refractivity contribution in [2.75, 3.05) is 39.0 Å². The van der Waals surface area contributed by atoms with Gasteiger partial charge in [-0.05, 0) is 55.3 Å². The monoisotopic (exact) mass is 614 g/mol. The van der Waals surface area contributed by atoms with Crippen LogP contribution >= 0.6 is 11.6 Å². The molecular formula is C30H30ClN3O9. The van der Waals surface area contributed by atoms with E-state index in [9.17, 15) is 19.2 Å². The number of hydrogen-bond donors (Lipinski definition) is 3. The second kappa shape index (κ2) is 12.9. The van der Waals surface area contributed by atoms with Crippen molar-refractivity contribution < 1.29 is 47.0 Å². The van der Waals surface area contributed by atoms with Crippen LogP contribution in [-0.4, -0.2) is 58.1 Å². The van der Waals surface area contributed by atoms with Crippen molar-refractivity contribution in [2.24, 2.45) is 0 Å². The van der Waals surface area contributed by atoms with Crippen molar-refractivity contribution in [1.82, 2.24) is 5.32 Å². The first-order valence-electron chi connectivity index (χ1n) is 14.2. The van der Waals surface area contributed by atoms with Crippen LogP contribution in [0.5, 0.6) is 28.7 Å². The maximum absolute atomic E-state index is 13.7. The molecule has 0 unspecified atom stereocenters. The number of rotatable bonds is 9. The molecule has 0 bridgehead atoms. The van der Waals surface area contributed by atoms with E-state index in [2.05, 4.69) is 20.7 Å². The summed E-state index contributed by atoms with van der Waals surface area (Å²) < 4.78 is 47.8. The number of carbonyl (C=O) groups is 4. The van der Waals surface area contributed by atoms with E-state index < -0.39 is 43.2 Å². The Morgan fingerprint density at radius 3 is 2.28 bits per heavy atom. The number of carbonyl (C=O) groups excluding carboxylic acids is 4. The minimum Gasteiger partial charge on any atom is -0.493 e. The molecule has 1 heterocycles. The zero-order chi connectivity index (χ0) is 33.9. The van der Waals surface area contributed by atoms with Crippen molar-refractivity contribution in [3.63, 3.8) is 0 Å². The Hall–Kier alpha value is -4.97. The topological polar surface area (TPSA) is 151 Å². The van der Waals surface area contributed by atoms with E-state index in [1.54, 1.807) is 12.1 Å². The second-order valence-corrected chi connectivity index (χ2v) is 9.85. The van der Waals surface area contributed by atoms with Crippen LogP contribution in [0, 0.1) is 13.8 Å². The molecule has 0 saturated carbocycles. The number of fused-ring (bicyclic) bond motifs is 1. The molecule has 13 heteroatoms. The maximum atomic E-state index is 13.7. The molecule has 0 radical (unpaired) electrons. The highest BCUT2D eigenvalue weighted by molar-refractivity contribution is 6.36. The van der Waals surface area contributed by atoms with Gasteiger partial charge in [0, 0.05) is 0 Å². The van der Waals surface area contributed by atoms with Crippen LogP contribution in [0.1, 0.15) is 42.4 Å². The fourth-order valence-corrected chi connectivity index (χ4v) is 4.82. The second-order valence-electron chi connectivity index (χ2n) is 9.47. The minimum atomic E-state index is -3.03. The molecule has 43 heavy (non-hydrogen) atoms. The molecule has 4 rings (SSSR count). The highest BCUT2D eigenvalue weighted by Crippen LogP contribution is 2.45. The van der Waals surface area contributed by atoms with Crippen LogP contribution in [0.25, 0.3) is 0 Å². The Morgan fingerprint density at radius 1 is 0.953 bits per heavy atom. The van der Waals surface area contributed by atoms with Crippen LogP contribution in [0.4, 0.5) is 11.4 Å². The van der Waals surface area contributed by atoms with Gasteiger partial charge in [0.15, 0.2) is 17.2 Å². The SMILES string of the molecule is [2H]C([2H])([2H])OC(=O)C[C@@H]1NC(=O)c2cc(Oc3cc(C)cc(C)c3)c(NC(=O)c3cc(OC)c(OC)c(OC)c3Cl)cc2NC1=O. The third-order valence-corrected chi connectivity index (χ3v) is 6.79. The van der Waals surface area contributed by atoms with E-state index in [0.29, 0.717) is 5.75 Å². The van der Waals surface area contributed by atoms with Crippen LogP contribution in [0.15, 0.2) is 36.4 Å². The van der Waals surface area contributed by atoms with Crippen molar-refractivity contribution in [3.8, 4) is 28.7 Å². The van der Waals surface area contributed by atoms with Gasteiger partial charge in [0.25, 0.3) is 11.8 Å². The first-order chi connectivity index (χ1) is 21.6. The summed E-state index contributed by atoms with van der Waals surface area (Å²) in [5.41, 5.74) is 1.64. The summed E-state index contributed by atoms with van der Waals surface area (Å²) in [6, 6.07) is 7.92. The summed E-state index contributed by atoms with van der Waals surface area (Å²) in [5, 5.41) is 7.57. The van der Waals surface area contributed by atoms with Crippen molar-refractivity contribution >= 4 is 46.7 Å². The Kier molecular flexibility index (Phi) is 8.07. The van der Waals surface area contributed by atoms with Crippen LogP contribution in [-0.2, 0) is 14.3 Å². The lowest BCUT2D eigenvalue weighted by Crippen LogP contribution is -2.42. The largest absolute Gasteiger partial charge is 0.493 e. The summed E-state index contributed by atoms with van der Waals surface area (Å²) in [7, 11) is 1.07. The summed E-state index contributed by atoms with van der Waals surface area (Å²) in [4.78, 5) is 52.1. The normalized spacial score (nSPS) is 15.3. The first-order valence-corrected chi connectivity index (χ1v) is 13.1. The van der Waals surface area contributed by atoms with E-state index >= 15 is 0 Å². The predicted molar refractivity (Wildman–Crippen MR) is 158 cm³/mol. The Labute approximate surface area is 256 Å². The smallest absolute Gasteiger partial charge is 0.308 e. The van der Waals surface area contributed by atoms with Crippen LogP contribution < -0.4 is 34.9 Å². The van der Waals surface area contributed by atoms with Crippen molar-refractivity contribution in [3.05, 3.63) is 63.7 Å². The van der Waals surface area contributed by atoms with Gasteiger partial charge >= 0.3 is 5.97 Å². The fourth-order valence-electron chi connectivity index (χ4n) is 4.52. The summed E-state index contributed by atoms with van der Waals surface area (Å²) in [5.74, 6) is -2.78. The molecule has 3 aromatic rings. The molecule has 1 aliphatic rings. The lowest BCUT2D eigenvalue weighted by Gasteiger charge is -2.18. The number of hydrogen-bond acceptors (Lipinski definition) is 9. The molecule has 3 aromatic carbocycles. The van der Waals surface area contributed by atoms with Crippen molar-refractivity contribution in [2.45, 2.75) is 26.3 Å². The lowest BCUT2D eigenvalue weighted by atomic mass is 10.1. The highest BCUT2D eigenvalue weighted by Gasteiger charge is 2.32. The lowest BCUT2D eigenvalue weighted by molar-refractivity contribution is -0.142. The predicted octanol–water partition coefficient (Wildman–Crippen LogP) is 4.64. The van der Waals surface area contributed by atoms with Gasteiger partial charge in [-0.1, -0.05) is 17.7 Å². The number of amides is 3. The zero-order valence-corrected chi connectivity index (χ0v) is 24.6.